The Balaban J connectivity index is 3.03. The van der Waals surface area contributed by atoms with Crippen LogP contribution in [0.15, 0.2) is 18.2 Å². The number of likely N-dealkylation sites (N-methyl/N-ethyl adjacent to an activating group) is 1. The summed E-state index contributed by atoms with van der Waals surface area (Å²) in [6.07, 6.45) is 0. The molecule has 72 valence electrons. The number of hydrogen-bond donors (Lipinski definition) is 2. The topological polar surface area (TPSA) is 32.3 Å². The molecule has 0 spiro atoms. The molecule has 0 fully saturated rings. The summed E-state index contributed by atoms with van der Waals surface area (Å²) in [5, 5.41) is 12.8. The van der Waals surface area contributed by atoms with Gasteiger partial charge < -0.3 is 10.4 Å². The van der Waals surface area contributed by atoms with Crippen LogP contribution in [0.2, 0.25) is 5.02 Å². The summed E-state index contributed by atoms with van der Waals surface area (Å²) < 4.78 is 0. The molecule has 0 saturated carbocycles. The van der Waals surface area contributed by atoms with Crippen molar-refractivity contribution in [3.8, 4) is 0 Å². The van der Waals surface area contributed by atoms with Crippen LogP contribution in [0.5, 0.6) is 0 Å². The predicted molar refractivity (Wildman–Crippen MR) is 55.1 cm³/mol. The van der Waals surface area contributed by atoms with Crippen LogP contribution < -0.4 is 5.32 Å². The van der Waals surface area contributed by atoms with Crippen molar-refractivity contribution < 1.29 is 5.11 Å². The summed E-state index contributed by atoms with van der Waals surface area (Å²) in [7, 11) is 1.82. The maximum Gasteiger partial charge on any atom is 0.0626 e. The molecule has 13 heavy (non-hydrogen) atoms. The van der Waals surface area contributed by atoms with Crippen molar-refractivity contribution in [3.05, 3.63) is 34.3 Å². The molecule has 0 aliphatic rings. The van der Waals surface area contributed by atoms with Crippen molar-refractivity contribution in [3.63, 3.8) is 0 Å². The van der Waals surface area contributed by atoms with Crippen molar-refractivity contribution in [1.29, 1.82) is 0 Å². The van der Waals surface area contributed by atoms with Gasteiger partial charge in [0.15, 0.2) is 0 Å². The van der Waals surface area contributed by atoms with E-state index in [0.717, 1.165) is 11.1 Å². The minimum atomic E-state index is -0.0290. The lowest BCUT2D eigenvalue weighted by Gasteiger charge is -2.16. The third-order valence-corrected chi connectivity index (χ3v) is 2.38. The van der Waals surface area contributed by atoms with Crippen molar-refractivity contribution in [1.82, 2.24) is 5.32 Å². The van der Waals surface area contributed by atoms with Gasteiger partial charge in [-0.25, -0.2) is 0 Å². The highest BCUT2D eigenvalue weighted by molar-refractivity contribution is 6.30. The molecule has 1 aromatic carbocycles. The van der Waals surface area contributed by atoms with E-state index >= 15 is 0 Å². The molecule has 1 aromatic rings. The minimum absolute atomic E-state index is 0.0290. The third-order valence-electron chi connectivity index (χ3n) is 2.15. The highest BCUT2D eigenvalue weighted by Gasteiger charge is 2.10. The second-order valence-corrected chi connectivity index (χ2v) is 3.46. The average Bonchev–Trinajstić information content (AvgIpc) is 2.13. The maximum absolute atomic E-state index is 9.09. The van der Waals surface area contributed by atoms with E-state index in [9.17, 15) is 0 Å². The Morgan fingerprint density at radius 3 is 2.77 bits per heavy atom. The average molecular weight is 200 g/mol. The van der Waals surface area contributed by atoms with Crippen LogP contribution in [0.1, 0.15) is 17.2 Å². The number of hydrogen-bond acceptors (Lipinski definition) is 2. The lowest BCUT2D eigenvalue weighted by Crippen LogP contribution is -2.20. The van der Waals surface area contributed by atoms with Crippen molar-refractivity contribution >= 4 is 11.6 Å². The van der Waals surface area contributed by atoms with E-state index in [1.54, 1.807) is 0 Å². The van der Waals surface area contributed by atoms with Gasteiger partial charge in [0.25, 0.3) is 0 Å². The number of aliphatic hydroxyl groups is 1. The highest BCUT2D eigenvalue weighted by Crippen LogP contribution is 2.21. The molecule has 0 radical (unpaired) electrons. The molecule has 0 aliphatic carbocycles. The van der Waals surface area contributed by atoms with E-state index in [1.807, 2.05) is 32.2 Å². The van der Waals surface area contributed by atoms with Gasteiger partial charge in [-0.05, 0) is 37.2 Å². The quantitative estimate of drug-likeness (QED) is 0.780. The summed E-state index contributed by atoms with van der Waals surface area (Å²) in [5.74, 6) is 0. The Morgan fingerprint density at radius 2 is 2.23 bits per heavy atom. The minimum Gasteiger partial charge on any atom is -0.394 e. The van der Waals surface area contributed by atoms with Crippen LogP contribution in [0.25, 0.3) is 0 Å². The number of nitrogens with one attached hydrogen (secondary N) is 1. The fraction of sp³-hybridized carbons (Fsp3) is 0.400. The van der Waals surface area contributed by atoms with Crippen LogP contribution in [-0.4, -0.2) is 18.8 Å². The second-order valence-electron chi connectivity index (χ2n) is 3.02. The molecule has 0 saturated heterocycles. The van der Waals surface area contributed by atoms with Crippen LogP contribution in [0.4, 0.5) is 0 Å². The zero-order valence-corrected chi connectivity index (χ0v) is 8.60. The first kappa shape index (κ1) is 10.5. The fourth-order valence-electron chi connectivity index (χ4n) is 1.33. The molecule has 0 amide bonds. The summed E-state index contributed by atoms with van der Waals surface area (Å²) >= 11 is 5.87. The summed E-state index contributed by atoms with van der Waals surface area (Å²) in [6, 6.07) is 5.66. The van der Waals surface area contributed by atoms with E-state index in [1.165, 1.54) is 0 Å². The summed E-state index contributed by atoms with van der Waals surface area (Å²) in [4.78, 5) is 0. The molecule has 0 heterocycles. The van der Waals surface area contributed by atoms with Gasteiger partial charge in [0.2, 0.25) is 0 Å². The molecule has 1 rings (SSSR count). The van der Waals surface area contributed by atoms with Gasteiger partial charge >= 0.3 is 0 Å². The Labute approximate surface area is 83.5 Å². The molecular formula is C10H14ClNO. The maximum atomic E-state index is 9.09. The van der Waals surface area contributed by atoms with E-state index < -0.39 is 0 Å². The van der Waals surface area contributed by atoms with Gasteiger partial charge in [0.05, 0.1) is 12.6 Å². The van der Waals surface area contributed by atoms with Gasteiger partial charge in [-0.1, -0.05) is 17.7 Å². The first-order valence-corrected chi connectivity index (χ1v) is 4.61. The molecule has 0 aromatic heterocycles. The molecule has 1 atom stereocenters. The van der Waals surface area contributed by atoms with Crippen molar-refractivity contribution in [2.45, 2.75) is 13.0 Å². The Bertz CT molecular complexity index is 284. The van der Waals surface area contributed by atoms with Gasteiger partial charge in [-0.2, -0.15) is 0 Å². The van der Waals surface area contributed by atoms with Crippen molar-refractivity contribution in [2.75, 3.05) is 13.7 Å². The Hall–Kier alpha value is -0.570. The molecule has 3 heteroatoms. The van der Waals surface area contributed by atoms with E-state index in [0.29, 0.717) is 5.02 Å². The Kier molecular flexibility index (Phi) is 3.72. The molecule has 0 bridgehead atoms. The SMILES string of the molecule is CN[C@@H](CO)c1cc(Cl)ccc1C. The first-order chi connectivity index (χ1) is 6.19. The number of benzene rings is 1. The van der Waals surface area contributed by atoms with Gasteiger partial charge in [-0.15, -0.1) is 0 Å². The molecular weight excluding hydrogens is 186 g/mol. The number of aryl methyl sites for hydroxylation is 1. The molecule has 0 aliphatic heterocycles. The lowest BCUT2D eigenvalue weighted by molar-refractivity contribution is 0.250. The molecule has 2 nitrogen and oxygen atoms in total. The van der Waals surface area contributed by atoms with Crippen molar-refractivity contribution in [2.24, 2.45) is 0 Å². The smallest absolute Gasteiger partial charge is 0.0626 e. The standard InChI is InChI=1S/C10H14ClNO/c1-7-3-4-8(11)5-9(7)10(6-13)12-2/h3-5,10,12-13H,6H2,1-2H3/t10-/m0/s1. The number of halogens is 1. The molecule has 0 unspecified atom stereocenters. The van der Waals surface area contributed by atoms with Crippen LogP contribution >= 0.6 is 11.6 Å². The van der Waals surface area contributed by atoms with Gasteiger partial charge in [-0.3, -0.25) is 0 Å². The lowest BCUT2D eigenvalue weighted by atomic mass is 10.0. The highest BCUT2D eigenvalue weighted by atomic mass is 35.5. The van der Waals surface area contributed by atoms with Gasteiger partial charge in [0, 0.05) is 5.02 Å². The van der Waals surface area contributed by atoms with Crippen LogP contribution in [0, 0.1) is 6.92 Å². The second kappa shape index (κ2) is 4.61. The van der Waals surface area contributed by atoms with Crippen LogP contribution in [0.3, 0.4) is 0 Å². The fourth-order valence-corrected chi connectivity index (χ4v) is 1.51. The monoisotopic (exact) mass is 199 g/mol. The molecule has 2 N–H and O–H groups in total. The third kappa shape index (κ3) is 2.44. The Morgan fingerprint density at radius 1 is 1.54 bits per heavy atom. The largest absolute Gasteiger partial charge is 0.394 e. The number of aliphatic hydroxyl groups excluding tert-OH is 1. The summed E-state index contributed by atoms with van der Waals surface area (Å²) in [6.45, 7) is 2.09. The normalized spacial score (nSPS) is 12.9. The van der Waals surface area contributed by atoms with E-state index in [-0.39, 0.29) is 12.6 Å². The van der Waals surface area contributed by atoms with Crippen LogP contribution in [-0.2, 0) is 0 Å². The first-order valence-electron chi connectivity index (χ1n) is 4.23. The zero-order chi connectivity index (χ0) is 9.84. The zero-order valence-electron chi connectivity index (χ0n) is 7.84. The predicted octanol–water partition coefficient (Wildman–Crippen LogP) is 1.90. The van der Waals surface area contributed by atoms with Gasteiger partial charge in [0.1, 0.15) is 0 Å². The number of rotatable bonds is 3. The van der Waals surface area contributed by atoms with E-state index in [4.69, 9.17) is 16.7 Å². The summed E-state index contributed by atoms with van der Waals surface area (Å²) in [5.41, 5.74) is 2.19. The van der Waals surface area contributed by atoms with E-state index in [2.05, 4.69) is 5.32 Å².